The summed E-state index contributed by atoms with van der Waals surface area (Å²) in [6, 6.07) is 18.5. The largest absolute Gasteiger partial charge is 0.449 e. The molecule has 4 heteroatoms. The Balaban J connectivity index is 1.82. The molecule has 0 aliphatic carbocycles. The summed E-state index contributed by atoms with van der Waals surface area (Å²) >= 11 is 0. The lowest BCUT2D eigenvalue weighted by Crippen LogP contribution is -2.45. The fourth-order valence-electron chi connectivity index (χ4n) is 4.21. The molecular weight excluding hydrogens is 386 g/mol. The quantitative estimate of drug-likeness (QED) is 0.501. The highest BCUT2D eigenvalue weighted by molar-refractivity contribution is 5.98. The first-order valence-corrected chi connectivity index (χ1v) is 11.3. The van der Waals surface area contributed by atoms with Gasteiger partial charge in [0, 0.05) is 6.04 Å². The van der Waals surface area contributed by atoms with Crippen molar-refractivity contribution in [3.8, 4) is 11.1 Å². The van der Waals surface area contributed by atoms with Crippen molar-refractivity contribution in [2.75, 3.05) is 6.61 Å². The summed E-state index contributed by atoms with van der Waals surface area (Å²) < 4.78 is 5.45. The van der Waals surface area contributed by atoms with Gasteiger partial charge in [-0.05, 0) is 41.4 Å². The number of carbonyl (C=O) groups is 2. The van der Waals surface area contributed by atoms with Gasteiger partial charge in [0.15, 0.2) is 0 Å². The van der Waals surface area contributed by atoms with Crippen molar-refractivity contribution in [3.63, 3.8) is 0 Å². The smallest absolute Gasteiger partial charge is 0.416 e. The zero-order chi connectivity index (χ0) is 22.6. The Morgan fingerprint density at radius 1 is 1.06 bits per heavy atom. The van der Waals surface area contributed by atoms with Gasteiger partial charge in [-0.2, -0.15) is 0 Å². The highest BCUT2D eigenvalue weighted by Crippen LogP contribution is 2.49. The van der Waals surface area contributed by atoms with Crippen molar-refractivity contribution >= 4 is 12.0 Å². The Kier molecular flexibility index (Phi) is 6.88. The first kappa shape index (κ1) is 23.1. The molecular formula is C27H35NO3. The maximum absolute atomic E-state index is 13.4. The van der Waals surface area contributed by atoms with Gasteiger partial charge >= 0.3 is 6.09 Å². The molecule has 0 radical (unpaired) electrons. The maximum Gasteiger partial charge on any atom is 0.416 e. The highest BCUT2D eigenvalue weighted by Gasteiger charge is 2.56. The lowest BCUT2D eigenvalue weighted by Gasteiger charge is -2.36. The minimum Gasteiger partial charge on any atom is -0.449 e. The van der Waals surface area contributed by atoms with E-state index in [0.29, 0.717) is 19.4 Å². The van der Waals surface area contributed by atoms with Crippen molar-refractivity contribution in [2.24, 2.45) is 10.8 Å². The Labute approximate surface area is 186 Å². The third-order valence-corrected chi connectivity index (χ3v) is 6.81. The van der Waals surface area contributed by atoms with E-state index >= 15 is 0 Å². The summed E-state index contributed by atoms with van der Waals surface area (Å²) in [5.74, 6) is -0.118. The zero-order valence-electron chi connectivity index (χ0n) is 19.5. The van der Waals surface area contributed by atoms with Crippen molar-refractivity contribution < 1.29 is 14.3 Å². The molecule has 4 nitrogen and oxygen atoms in total. The molecule has 2 aromatic carbocycles. The molecule has 0 spiro atoms. The van der Waals surface area contributed by atoms with Crippen LogP contribution < -0.4 is 0 Å². The number of carbonyl (C=O) groups excluding carboxylic acids is 2. The second-order valence-electron chi connectivity index (χ2n) is 9.85. The molecule has 0 unspecified atom stereocenters. The van der Waals surface area contributed by atoms with E-state index in [0.717, 1.165) is 24.0 Å². The van der Waals surface area contributed by atoms with Gasteiger partial charge in [-0.1, -0.05) is 95.6 Å². The van der Waals surface area contributed by atoms with Gasteiger partial charge in [0.2, 0.25) is 5.91 Å². The van der Waals surface area contributed by atoms with Crippen LogP contribution in [0.25, 0.3) is 11.1 Å². The minimum atomic E-state index is -0.606. The summed E-state index contributed by atoms with van der Waals surface area (Å²) in [6.07, 6.45) is 2.51. The Morgan fingerprint density at radius 3 is 2.26 bits per heavy atom. The van der Waals surface area contributed by atoms with Crippen LogP contribution in [0.2, 0.25) is 0 Å². The number of unbranched alkanes of at least 4 members (excludes halogenated alkanes) is 1. The van der Waals surface area contributed by atoms with E-state index in [1.807, 2.05) is 32.0 Å². The molecule has 2 amide bonds. The Bertz CT molecular complexity index is 898. The Morgan fingerprint density at radius 2 is 1.68 bits per heavy atom. The van der Waals surface area contributed by atoms with Crippen LogP contribution in [0.15, 0.2) is 54.6 Å². The van der Waals surface area contributed by atoms with Crippen LogP contribution in [0.4, 0.5) is 4.79 Å². The predicted molar refractivity (Wildman–Crippen MR) is 125 cm³/mol. The number of rotatable bonds is 6. The van der Waals surface area contributed by atoms with E-state index in [1.165, 1.54) is 10.5 Å². The standard InChI is InChI=1S/C27H35NO3/c1-6-7-17-31-25(30)28-23(19-27(5,24(28)29)26(2,3)4)18-20-13-15-22(16-14-20)21-11-9-8-10-12-21/h8-16,23H,6-7,17-19H2,1-5H3/t23-,27+/m0/s1. The first-order chi connectivity index (χ1) is 14.7. The zero-order valence-corrected chi connectivity index (χ0v) is 19.5. The van der Waals surface area contributed by atoms with Crippen molar-refractivity contribution in [2.45, 2.75) is 66.3 Å². The highest BCUT2D eigenvalue weighted by atomic mass is 16.6. The van der Waals surface area contributed by atoms with E-state index in [4.69, 9.17) is 4.74 Å². The number of amides is 2. The molecule has 0 saturated carbocycles. The summed E-state index contributed by atoms with van der Waals surface area (Å²) in [6.45, 7) is 10.6. The molecule has 1 saturated heterocycles. The monoisotopic (exact) mass is 421 g/mol. The predicted octanol–water partition coefficient (Wildman–Crippen LogP) is 6.49. The Hall–Kier alpha value is -2.62. The second-order valence-corrected chi connectivity index (χ2v) is 9.85. The number of imide groups is 1. The van der Waals surface area contributed by atoms with Crippen LogP contribution in [-0.2, 0) is 16.0 Å². The van der Waals surface area contributed by atoms with Gasteiger partial charge in [0.25, 0.3) is 0 Å². The number of likely N-dealkylation sites (tertiary alicyclic amines) is 1. The molecule has 1 heterocycles. The van der Waals surface area contributed by atoms with E-state index in [1.54, 1.807) is 0 Å². The average molecular weight is 422 g/mol. The maximum atomic E-state index is 13.4. The summed E-state index contributed by atoms with van der Waals surface area (Å²) in [5, 5.41) is 0. The third kappa shape index (κ3) is 4.84. The van der Waals surface area contributed by atoms with Gasteiger partial charge in [0.05, 0.1) is 12.0 Å². The van der Waals surface area contributed by atoms with Gasteiger partial charge < -0.3 is 4.74 Å². The van der Waals surface area contributed by atoms with Crippen molar-refractivity contribution in [1.82, 2.24) is 4.90 Å². The van der Waals surface area contributed by atoms with Gasteiger partial charge in [-0.3, -0.25) is 4.79 Å². The van der Waals surface area contributed by atoms with E-state index in [9.17, 15) is 9.59 Å². The molecule has 2 aromatic rings. The normalized spacial score (nSPS) is 21.4. The number of hydrogen-bond acceptors (Lipinski definition) is 3. The van der Waals surface area contributed by atoms with Gasteiger partial charge in [-0.15, -0.1) is 0 Å². The van der Waals surface area contributed by atoms with Crippen LogP contribution >= 0.6 is 0 Å². The van der Waals surface area contributed by atoms with Crippen LogP contribution in [-0.4, -0.2) is 29.5 Å². The summed E-state index contributed by atoms with van der Waals surface area (Å²) in [5.41, 5.74) is 2.58. The molecule has 1 fully saturated rings. The number of nitrogens with zero attached hydrogens (tertiary/aromatic N) is 1. The molecule has 2 atom stereocenters. The third-order valence-electron chi connectivity index (χ3n) is 6.81. The van der Waals surface area contributed by atoms with E-state index < -0.39 is 11.5 Å². The van der Waals surface area contributed by atoms with Crippen molar-refractivity contribution in [3.05, 3.63) is 60.2 Å². The van der Waals surface area contributed by atoms with Crippen LogP contribution in [0.5, 0.6) is 0 Å². The average Bonchev–Trinajstić information content (AvgIpc) is 3.00. The van der Waals surface area contributed by atoms with Crippen LogP contribution in [0, 0.1) is 10.8 Å². The lowest BCUT2D eigenvalue weighted by atomic mass is 9.66. The number of ether oxygens (including phenoxy) is 1. The lowest BCUT2D eigenvalue weighted by molar-refractivity contribution is -0.139. The molecule has 31 heavy (non-hydrogen) atoms. The van der Waals surface area contributed by atoms with Gasteiger partial charge in [-0.25, -0.2) is 9.69 Å². The molecule has 3 rings (SSSR count). The summed E-state index contributed by atoms with van der Waals surface area (Å²) in [4.78, 5) is 27.7. The summed E-state index contributed by atoms with van der Waals surface area (Å²) in [7, 11) is 0. The van der Waals surface area contributed by atoms with Crippen molar-refractivity contribution in [1.29, 1.82) is 0 Å². The molecule has 0 bridgehead atoms. The molecule has 166 valence electrons. The second kappa shape index (κ2) is 9.25. The fourth-order valence-corrected chi connectivity index (χ4v) is 4.21. The number of benzene rings is 2. The van der Waals surface area contributed by atoms with Crippen LogP contribution in [0.3, 0.4) is 0 Å². The van der Waals surface area contributed by atoms with E-state index in [-0.39, 0.29) is 17.4 Å². The fraction of sp³-hybridized carbons (Fsp3) is 0.481. The molecule has 1 aliphatic rings. The molecule has 0 aromatic heterocycles. The molecule has 0 N–H and O–H groups in total. The van der Waals surface area contributed by atoms with E-state index in [2.05, 4.69) is 57.2 Å². The number of hydrogen-bond donors (Lipinski definition) is 0. The SMILES string of the molecule is CCCCOC(=O)N1C(=O)[C@](C)(C(C)(C)C)C[C@@H]1Cc1ccc(-c2ccccc2)cc1. The first-order valence-electron chi connectivity index (χ1n) is 11.3. The molecule has 1 aliphatic heterocycles. The van der Waals surface area contributed by atoms with Gasteiger partial charge in [0.1, 0.15) is 0 Å². The topological polar surface area (TPSA) is 46.6 Å². The minimum absolute atomic E-state index is 0.118. The van der Waals surface area contributed by atoms with Crippen LogP contribution in [0.1, 0.15) is 59.4 Å².